The normalized spacial score (nSPS) is 31.5. The molecule has 3 nitrogen and oxygen atoms in total. The smallest absolute Gasteiger partial charge is 0.219 e. The Morgan fingerprint density at radius 2 is 2.13 bits per heavy atom. The molecule has 126 valence electrons. The van der Waals surface area contributed by atoms with Crippen LogP contribution in [0.5, 0.6) is 5.75 Å². The van der Waals surface area contributed by atoms with Gasteiger partial charge in [0, 0.05) is 24.9 Å². The van der Waals surface area contributed by atoms with E-state index in [1.807, 2.05) is 0 Å². The molecule has 2 bridgehead atoms. The summed E-state index contributed by atoms with van der Waals surface area (Å²) in [7, 11) is 1.75. The van der Waals surface area contributed by atoms with Crippen molar-refractivity contribution in [2.45, 2.75) is 56.9 Å². The van der Waals surface area contributed by atoms with E-state index in [0.29, 0.717) is 12.0 Å². The number of methoxy groups -OCH3 is 1. The van der Waals surface area contributed by atoms with Crippen LogP contribution in [0.4, 0.5) is 0 Å². The first-order valence-electron chi connectivity index (χ1n) is 8.60. The predicted octanol–water partition coefficient (Wildman–Crippen LogP) is 3.88. The van der Waals surface area contributed by atoms with Crippen LogP contribution in [0.15, 0.2) is 18.2 Å². The minimum absolute atomic E-state index is 0. The van der Waals surface area contributed by atoms with Crippen molar-refractivity contribution >= 4 is 22.9 Å². The molecule has 1 aromatic rings. The average Bonchev–Trinajstić information content (AvgIpc) is 2.54. The molecule has 2 fully saturated rings. The summed E-state index contributed by atoms with van der Waals surface area (Å²) in [6.45, 7) is 2.66. The van der Waals surface area contributed by atoms with E-state index in [-0.39, 0.29) is 28.3 Å². The number of likely N-dealkylation sites (tertiary alicyclic amines) is 1. The molecular formula is C19H26BrNO2. The summed E-state index contributed by atoms with van der Waals surface area (Å²) >= 11 is 0. The monoisotopic (exact) mass is 379 g/mol. The van der Waals surface area contributed by atoms with Gasteiger partial charge in [0.05, 0.1) is 7.11 Å². The molecule has 4 rings (SSSR count). The lowest BCUT2D eigenvalue weighted by Crippen LogP contribution is -2.61. The van der Waals surface area contributed by atoms with Crippen molar-refractivity contribution in [3.8, 4) is 5.75 Å². The van der Waals surface area contributed by atoms with Crippen molar-refractivity contribution in [3.63, 3.8) is 0 Å². The van der Waals surface area contributed by atoms with Gasteiger partial charge in [-0.15, -0.1) is 17.0 Å². The number of amides is 1. The minimum atomic E-state index is 0. The van der Waals surface area contributed by atoms with E-state index in [9.17, 15) is 4.79 Å². The maximum atomic E-state index is 12.1. The van der Waals surface area contributed by atoms with E-state index in [0.717, 1.165) is 25.1 Å². The fourth-order valence-electron chi connectivity index (χ4n) is 5.50. The summed E-state index contributed by atoms with van der Waals surface area (Å²) in [6.07, 6.45) is 7.32. The largest absolute Gasteiger partial charge is 0.497 e. The van der Waals surface area contributed by atoms with Gasteiger partial charge in [0.1, 0.15) is 5.75 Å². The molecule has 0 spiro atoms. The standard InChI is InChI=1S/C19H25NO2.BrH/c1-13(21)20-10-9-19-8-4-3-5-16(19)18(20)11-14-6-7-15(22-2)12-17(14)19;/h6-7,12,16,18H,3-5,8-11H2,1-2H3;1H/t16-,18-,19-;/m0./s1. The molecule has 1 aliphatic heterocycles. The van der Waals surface area contributed by atoms with Crippen LogP contribution in [0, 0.1) is 5.92 Å². The first-order chi connectivity index (χ1) is 10.7. The molecule has 2 aliphatic carbocycles. The number of fused-ring (bicyclic) bond motifs is 1. The Balaban J connectivity index is 0.00000156. The number of piperidine rings is 1. The second-order valence-corrected chi connectivity index (χ2v) is 7.27. The first kappa shape index (κ1) is 16.8. The van der Waals surface area contributed by atoms with Crippen LogP contribution in [-0.4, -0.2) is 30.5 Å². The molecule has 0 unspecified atom stereocenters. The van der Waals surface area contributed by atoms with Crippen LogP contribution in [0.3, 0.4) is 0 Å². The maximum absolute atomic E-state index is 12.1. The summed E-state index contributed by atoms with van der Waals surface area (Å²) in [6, 6.07) is 7.00. The third-order valence-corrected chi connectivity index (χ3v) is 6.45. The Bertz CT molecular complexity index is 617. The van der Waals surface area contributed by atoms with Gasteiger partial charge in [-0.2, -0.15) is 0 Å². The molecule has 0 radical (unpaired) electrons. The van der Waals surface area contributed by atoms with Crippen LogP contribution in [0.25, 0.3) is 0 Å². The third kappa shape index (κ3) is 2.41. The molecule has 1 aromatic carbocycles. The Morgan fingerprint density at radius 3 is 2.87 bits per heavy atom. The number of ether oxygens (including phenoxy) is 1. The van der Waals surface area contributed by atoms with Gasteiger partial charge < -0.3 is 9.64 Å². The molecule has 1 saturated carbocycles. The highest BCUT2D eigenvalue weighted by Crippen LogP contribution is 2.56. The topological polar surface area (TPSA) is 29.5 Å². The first-order valence-corrected chi connectivity index (χ1v) is 8.60. The lowest BCUT2D eigenvalue weighted by molar-refractivity contribution is -0.138. The van der Waals surface area contributed by atoms with Crippen molar-refractivity contribution in [1.29, 1.82) is 0 Å². The van der Waals surface area contributed by atoms with Crippen molar-refractivity contribution in [2.24, 2.45) is 5.92 Å². The van der Waals surface area contributed by atoms with E-state index in [1.54, 1.807) is 14.0 Å². The minimum Gasteiger partial charge on any atom is -0.497 e. The summed E-state index contributed by atoms with van der Waals surface area (Å²) in [5.74, 6) is 1.87. The van der Waals surface area contributed by atoms with Crippen molar-refractivity contribution in [3.05, 3.63) is 29.3 Å². The van der Waals surface area contributed by atoms with Crippen LogP contribution in [-0.2, 0) is 16.6 Å². The van der Waals surface area contributed by atoms with E-state index in [1.165, 1.54) is 36.8 Å². The Kier molecular flexibility index (Phi) is 4.47. The number of hydrogen-bond acceptors (Lipinski definition) is 2. The summed E-state index contributed by atoms with van der Waals surface area (Å²) in [5, 5.41) is 0. The molecule has 4 heteroatoms. The molecule has 3 atom stereocenters. The molecule has 1 heterocycles. The molecule has 3 aliphatic rings. The van der Waals surface area contributed by atoms with Gasteiger partial charge in [0.25, 0.3) is 0 Å². The van der Waals surface area contributed by atoms with E-state index in [4.69, 9.17) is 4.74 Å². The number of carbonyl (C=O) groups is 1. The summed E-state index contributed by atoms with van der Waals surface area (Å²) in [5.41, 5.74) is 3.25. The van der Waals surface area contributed by atoms with Crippen LogP contribution >= 0.6 is 17.0 Å². The quantitative estimate of drug-likeness (QED) is 0.740. The number of hydrogen-bond donors (Lipinski definition) is 0. The highest BCUT2D eigenvalue weighted by Gasteiger charge is 2.54. The number of carbonyl (C=O) groups excluding carboxylic acids is 1. The molecule has 1 amide bonds. The van der Waals surface area contributed by atoms with Gasteiger partial charge in [-0.1, -0.05) is 18.9 Å². The highest BCUT2D eigenvalue weighted by atomic mass is 79.9. The lowest BCUT2D eigenvalue weighted by Gasteiger charge is -2.59. The Morgan fingerprint density at radius 1 is 1.30 bits per heavy atom. The number of benzene rings is 1. The highest BCUT2D eigenvalue weighted by molar-refractivity contribution is 8.93. The van der Waals surface area contributed by atoms with Gasteiger partial charge in [-0.25, -0.2) is 0 Å². The fraction of sp³-hybridized carbons (Fsp3) is 0.632. The fourth-order valence-corrected chi connectivity index (χ4v) is 5.50. The van der Waals surface area contributed by atoms with E-state index < -0.39 is 0 Å². The lowest BCUT2D eigenvalue weighted by atomic mass is 9.52. The average molecular weight is 380 g/mol. The zero-order valence-corrected chi connectivity index (χ0v) is 15.7. The number of halogens is 1. The van der Waals surface area contributed by atoms with Crippen LogP contribution < -0.4 is 4.74 Å². The van der Waals surface area contributed by atoms with Crippen LogP contribution in [0.2, 0.25) is 0 Å². The third-order valence-electron chi connectivity index (χ3n) is 6.45. The van der Waals surface area contributed by atoms with E-state index >= 15 is 0 Å². The van der Waals surface area contributed by atoms with Gasteiger partial charge in [-0.3, -0.25) is 4.79 Å². The zero-order valence-electron chi connectivity index (χ0n) is 14.0. The number of rotatable bonds is 1. The van der Waals surface area contributed by atoms with Gasteiger partial charge >= 0.3 is 0 Å². The van der Waals surface area contributed by atoms with Gasteiger partial charge in [-0.05, 0) is 54.9 Å². The second kappa shape index (κ2) is 6.12. The molecule has 1 saturated heterocycles. The van der Waals surface area contributed by atoms with Crippen LogP contribution in [0.1, 0.15) is 50.2 Å². The molecule has 0 aromatic heterocycles. The Hall–Kier alpha value is -1.03. The molecule has 23 heavy (non-hydrogen) atoms. The predicted molar refractivity (Wildman–Crippen MR) is 96.4 cm³/mol. The molecule has 0 N–H and O–H groups in total. The van der Waals surface area contributed by atoms with Crippen molar-refractivity contribution in [2.75, 3.05) is 13.7 Å². The number of nitrogens with zero attached hydrogens (tertiary/aromatic N) is 1. The van der Waals surface area contributed by atoms with E-state index in [2.05, 4.69) is 23.1 Å². The second-order valence-electron chi connectivity index (χ2n) is 7.27. The zero-order chi connectivity index (χ0) is 15.3. The Labute approximate surface area is 149 Å². The summed E-state index contributed by atoms with van der Waals surface area (Å²) < 4.78 is 5.49. The SMILES string of the molecule is Br.COc1ccc2c(c1)[C@]13CCCC[C@H]1[C@H](C2)N(C(C)=O)CC3. The summed E-state index contributed by atoms with van der Waals surface area (Å²) in [4.78, 5) is 14.2. The van der Waals surface area contributed by atoms with Crippen molar-refractivity contribution < 1.29 is 9.53 Å². The maximum Gasteiger partial charge on any atom is 0.219 e. The van der Waals surface area contributed by atoms with Gasteiger partial charge in [0.15, 0.2) is 0 Å². The molecular weight excluding hydrogens is 354 g/mol. The van der Waals surface area contributed by atoms with Gasteiger partial charge in [0.2, 0.25) is 5.91 Å². The van der Waals surface area contributed by atoms with Crippen molar-refractivity contribution in [1.82, 2.24) is 4.90 Å².